The van der Waals surface area contributed by atoms with Crippen LogP contribution < -0.4 is 4.74 Å². The summed E-state index contributed by atoms with van der Waals surface area (Å²) < 4.78 is 5.66. The van der Waals surface area contributed by atoms with Gasteiger partial charge in [-0.2, -0.15) is 10.2 Å². The van der Waals surface area contributed by atoms with Crippen LogP contribution in [0.5, 0.6) is 5.75 Å². The molecule has 0 aliphatic heterocycles. The Morgan fingerprint density at radius 1 is 0.857 bits per heavy atom. The van der Waals surface area contributed by atoms with Gasteiger partial charge in [0.25, 0.3) is 0 Å². The number of azo groups is 1. The van der Waals surface area contributed by atoms with E-state index in [9.17, 15) is 4.79 Å². The number of carbonyl (C=O) groups is 1. The predicted octanol–water partition coefficient (Wildman–Crippen LogP) is 6.86. The molecule has 0 heterocycles. The molecule has 5 nitrogen and oxygen atoms in total. The lowest BCUT2D eigenvalue weighted by atomic mass is 10.1. The number of ether oxygens (including phenoxy) is 1. The molecule has 0 saturated heterocycles. The molecule has 0 saturated carbocycles. The highest BCUT2D eigenvalue weighted by atomic mass is 16.5. The maximum absolute atomic E-state index is 10.4. The highest BCUT2D eigenvalue weighted by Crippen LogP contribution is 2.22. The van der Waals surface area contributed by atoms with Crippen molar-refractivity contribution < 1.29 is 14.6 Å². The molecule has 0 unspecified atom stereocenters. The monoisotopic (exact) mass is 382 g/mol. The van der Waals surface area contributed by atoms with Crippen LogP contribution in [0, 0.1) is 0 Å². The number of benzene rings is 2. The minimum Gasteiger partial charge on any atom is -0.494 e. The maximum atomic E-state index is 10.4. The Labute approximate surface area is 167 Å². The molecular weight excluding hydrogens is 352 g/mol. The first kappa shape index (κ1) is 21.6. The lowest BCUT2D eigenvalue weighted by molar-refractivity contribution is -0.137. The molecule has 5 heteroatoms. The third-order valence-corrected chi connectivity index (χ3v) is 4.43. The van der Waals surface area contributed by atoms with Gasteiger partial charge >= 0.3 is 5.97 Å². The first-order valence-electron chi connectivity index (χ1n) is 10.1. The SMILES string of the molecule is CCCCCc1ccc(N=Nc2ccc(OCCCCCC(=O)O)cc2)cc1. The number of nitrogens with zero attached hydrogens (tertiary/aromatic N) is 2. The van der Waals surface area contributed by atoms with Gasteiger partial charge in [0, 0.05) is 6.42 Å². The highest BCUT2D eigenvalue weighted by Gasteiger charge is 1.99. The molecule has 0 aliphatic carbocycles. The second-order valence-corrected chi connectivity index (χ2v) is 6.87. The number of aryl methyl sites for hydroxylation is 1. The van der Waals surface area contributed by atoms with Crippen LogP contribution in [0.25, 0.3) is 0 Å². The number of hydrogen-bond acceptors (Lipinski definition) is 4. The molecule has 0 aromatic heterocycles. The molecule has 2 rings (SSSR count). The van der Waals surface area contributed by atoms with Gasteiger partial charge in [0.15, 0.2) is 0 Å². The standard InChI is InChI=1S/C23H30N2O3/c1-2-3-5-8-19-10-12-20(13-11-19)24-25-21-14-16-22(17-15-21)28-18-7-4-6-9-23(26)27/h10-17H,2-9,18H2,1H3,(H,26,27). The molecule has 0 atom stereocenters. The van der Waals surface area contributed by atoms with Gasteiger partial charge in [0.2, 0.25) is 0 Å². The van der Waals surface area contributed by atoms with Crippen LogP contribution in [-0.4, -0.2) is 17.7 Å². The molecule has 0 amide bonds. The number of aliphatic carboxylic acids is 1. The highest BCUT2D eigenvalue weighted by molar-refractivity contribution is 5.66. The largest absolute Gasteiger partial charge is 0.494 e. The van der Waals surface area contributed by atoms with Crippen LogP contribution in [-0.2, 0) is 11.2 Å². The van der Waals surface area contributed by atoms with Crippen molar-refractivity contribution in [2.24, 2.45) is 10.2 Å². The minimum absolute atomic E-state index is 0.223. The first-order valence-corrected chi connectivity index (χ1v) is 10.1. The molecule has 150 valence electrons. The van der Waals surface area contributed by atoms with E-state index in [1.165, 1.54) is 24.8 Å². The van der Waals surface area contributed by atoms with Crippen LogP contribution >= 0.6 is 0 Å². The van der Waals surface area contributed by atoms with E-state index in [0.717, 1.165) is 36.4 Å². The van der Waals surface area contributed by atoms with E-state index < -0.39 is 5.97 Å². The number of unbranched alkanes of at least 4 members (excludes halogenated alkanes) is 4. The van der Waals surface area contributed by atoms with Gasteiger partial charge in [-0.1, -0.05) is 31.9 Å². The van der Waals surface area contributed by atoms with Crippen molar-refractivity contribution in [3.8, 4) is 5.75 Å². The van der Waals surface area contributed by atoms with Gasteiger partial charge in [-0.05, 0) is 74.1 Å². The lowest BCUT2D eigenvalue weighted by Crippen LogP contribution is -1.98. The molecule has 2 aromatic carbocycles. The molecule has 0 radical (unpaired) electrons. The maximum Gasteiger partial charge on any atom is 0.303 e. The van der Waals surface area contributed by atoms with Crippen molar-refractivity contribution in [1.82, 2.24) is 0 Å². The summed E-state index contributed by atoms with van der Waals surface area (Å²) in [5, 5.41) is 17.2. The van der Waals surface area contributed by atoms with Gasteiger partial charge in [-0.15, -0.1) is 0 Å². The Bertz CT molecular complexity index is 725. The van der Waals surface area contributed by atoms with Gasteiger partial charge < -0.3 is 9.84 Å². The fourth-order valence-corrected chi connectivity index (χ4v) is 2.78. The van der Waals surface area contributed by atoms with Gasteiger partial charge in [-0.3, -0.25) is 4.79 Å². The van der Waals surface area contributed by atoms with Crippen molar-refractivity contribution in [1.29, 1.82) is 0 Å². The van der Waals surface area contributed by atoms with E-state index in [1.54, 1.807) is 0 Å². The Balaban J connectivity index is 1.73. The van der Waals surface area contributed by atoms with Crippen LogP contribution in [0.4, 0.5) is 11.4 Å². The zero-order valence-corrected chi connectivity index (χ0v) is 16.6. The van der Waals surface area contributed by atoms with E-state index in [0.29, 0.717) is 13.0 Å². The van der Waals surface area contributed by atoms with Crippen molar-refractivity contribution in [3.63, 3.8) is 0 Å². The number of carboxylic acids is 1. The van der Waals surface area contributed by atoms with E-state index in [2.05, 4.69) is 29.3 Å². The van der Waals surface area contributed by atoms with Crippen LogP contribution in [0.3, 0.4) is 0 Å². The normalized spacial score (nSPS) is 11.0. The smallest absolute Gasteiger partial charge is 0.303 e. The summed E-state index contributed by atoms with van der Waals surface area (Å²) in [6.07, 6.45) is 7.48. The summed E-state index contributed by atoms with van der Waals surface area (Å²) in [5.41, 5.74) is 2.97. The molecule has 28 heavy (non-hydrogen) atoms. The summed E-state index contributed by atoms with van der Waals surface area (Å²) in [4.78, 5) is 10.4. The number of carboxylic acid groups (broad SMARTS) is 1. The minimum atomic E-state index is -0.742. The van der Waals surface area contributed by atoms with Gasteiger partial charge in [-0.25, -0.2) is 0 Å². The topological polar surface area (TPSA) is 71.2 Å². The fourth-order valence-electron chi connectivity index (χ4n) is 2.78. The van der Waals surface area contributed by atoms with Crippen molar-refractivity contribution >= 4 is 17.3 Å². The molecule has 2 aromatic rings. The van der Waals surface area contributed by atoms with E-state index in [1.807, 2.05) is 36.4 Å². The number of hydrogen-bond donors (Lipinski definition) is 1. The van der Waals surface area contributed by atoms with Crippen molar-refractivity contribution in [3.05, 3.63) is 54.1 Å². The fraction of sp³-hybridized carbons (Fsp3) is 0.435. The quantitative estimate of drug-likeness (QED) is 0.304. The summed E-state index contributed by atoms with van der Waals surface area (Å²) in [6, 6.07) is 15.8. The summed E-state index contributed by atoms with van der Waals surface area (Å²) in [6.45, 7) is 2.80. The average molecular weight is 383 g/mol. The van der Waals surface area contributed by atoms with E-state index >= 15 is 0 Å². The first-order chi connectivity index (χ1) is 13.7. The average Bonchev–Trinajstić information content (AvgIpc) is 2.71. The van der Waals surface area contributed by atoms with Gasteiger partial charge in [0.1, 0.15) is 5.75 Å². The molecule has 1 N–H and O–H groups in total. The zero-order chi connectivity index (χ0) is 20.0. The molecule has 0 fully saturated rings. The number of rotatable bonds is 13. The van der Waals surface area contributed by atoms with Crippen LogP contribution in [0.15, 0.2) is 58.8 Å². The zero-order valence-electron chi connectivity index (χ0n) is 16.6. The van der Waals surface area contributed by atoms with Crippen molar-refractivity contribution in [2.75, 3.05) is 6.61 Å². The van der Waals surface area contributed by atoms with Crippen LogP contribution in [0.1, 0.15) is 57.4 Å². The summed E-state index contributed by atoms with van der Waals surface area (Å²) in [5.74, 6) is 0.0437. The Hall–Kier alpha value is -2.69. The molecular formula is C23H30N2O3. The Morgan fingerprint density at radius 3 is 2.11 bits per heavy atom. The van der Waals surface area contributed by atoms with E-state index in [4.69, 9.17) is 9.84 Å². The third kappa shape index (κ3) is 8.80. The predicted molar refractivity (Wildman–Crippen MR) is 112 cm³/mol. The molecule has 0 aliphatic rings. The van der Waals surface area contributed by atoms with Crippen LogP contribution in [0.2, 0.25) is 0 Å². The van der Waals surface area contributed by atoms with Crippen molar-refractivity contribution in [2.45, 2.75) is 58.3 Å². The van der Waals surface area contributed by atoms with Gasteiger partial charge in [0.05, 0.1) is 18.0 Å². The van der Waals surface area contributed by atoms with E-state index in [-0.39, 0.29) is 6.42 Å². The summed E-state index contributed by atoms with van der Waals surface area (Å²) in [7, 11) is 0. The summed E-state index contributed by atoms with van der Waals surface area (Å²) >= 11 is 0. The Kier molecular flexibility index (Phi) is 9.76. The lowest BCUT2D eigenvalue weighted by Gasteiger charge is -2.05. The second kappa shape index (κ2) is 12.7. The molecule has 0 spiro atoms. The second-order valence-electron chi connectivity index (χ2n) is 6.87. The Morgan fingerprint density at radius 2 is 1.50 bits per heavy atom. The molecule has 0 bridgehead atoms. The third-order valence-electron chi connectivity index (χ3n) is 4.43.